The summed E-state index contributed by atoms with van der Waals surface area (Å²) >= 11 is 0. The molecule has 15 heteroatoms. The zero-order valence-corrected chi connectivity index (χ0v) is 50.6. The van der Waals surface area contributed by atoms with Crippen molar-refractivity contribution in [1.82, 2.24) is 0 Å². The first-order valence-electron chi connectivity index (χ1n) is 19.9. The number of hydrogen-bond donors (Lipinski definition) is 0. The van der Waals surface area contributed by atoms with Crippen LogP contribution in [0.5, 0.6) is 0 Å². The molecule has 54 heavy (non-hydrogen) atoms. The van der Waals surface area contributed by atoms with E-state index in [1.807, 2.05) is 21.3 Å². The van der Waals surface area contributed by atoms with Crippen molar-refractivity contribution < 1.29 is 31.0 Å². The summed E-state index contributed by atoms with van der Waals surface area (Å²) in [5.74, 6) is 0. The van der Waals surface area contributed by atoms with Crippen molar-refractivity contribution in [2.45, 2.75) is 197 Å². The van der Waals surface area contributed by atoms with Gasteiger partial charge >= 0.3 is 0 Å². The molecular formula is C39H110O7Si8. The van der Waals surface area contributed by atoms with Crippen LogP contribution in [0.4, 0.5) is 0 Å². The van der Waals surface area contributed by atoms with E-state index in [2.05, 4.69) is 164 Å². The van der Waals surface area contributed by atoms with Gasteiger partial charge in [-0.1, -0.05) is 67.1 Å². The molecule has 0 rings (SSSR count). The van der Waals surface area contributed by atoms with Crippen molar-refractivity contribution in [1.29, 1.82) is 0 Å². The Kier molecular flexibility index (Phi) is 59.5. The normalized spacial score (nSPS) is 11.5. The lowest BCUT2D eigenvalue weighted by Crippen LogP contribution is -2.27. The number of hydrogen-bond acceptors (Lipinski definition) is 7. The van der Waals surface area contributed by atoms with Gasteiger partial charge in [0.25, 0.3) is 0 Å². The zero-order chi connectivity index (χ0) is 45.0. The van der Waals surface area contributed by atoms with Gasteiger partial charge in [-0.3, -0.25) is 0 Å². The minimum atomic E-state index is -1.18. The Labute approximate surface area is 354 Å². The van der Waals surface area contributed by atoms with Crippen molar-refractivity contribution >= 4 is 67.0 Å². The van der Waals surface area contributed by atoms with Crippen LogP contribution in [0.25, 0.3) is 0 Å². The molecule has 0 aliphatic carbocycles. The molecule has 0 saturated heterocycles. The molecule has 0 aliphatic heterocycles. The summed E-state index contributed by atoms with van der Waals surface area (Å²) in [5.41, 5.74) is 2.08. The Bertz CT molecular complexity index is 654. The van der Waals surface area contributed by atoms with Crippen molar-refractivity contribution in [2.24, 2.45) is 0 Å². The zero-order valence-electron chi connectivity index (χ0n) is 42.5. The molecule has 0 aromatic rings. The highest BCUT2D eigenvalue weighted by atomic mass is 28.4. The third-order valence-electron chi connectivity index (χ3n) is 7.13. The average Bonchev–Trinajstić information content (AvgIpc) is 3.02. The summed E-state index contributed by atoms with van der Waals surface area (Å²) in [6, 6.07) is 3.84. The third kappa shape index (κ3) is 111. The Hall–Kier alpha value is 1.20. The van der Waals surface area contributed by atoms with Gasteiger partial charge in [-0.05, 0) is 129 Å². The van der Waals surface area contributed by atoms with Crippen molar-refractivity contribution in [3.63, 3.8) is 0 Å². The fourth-order valence-corrected chi connectivity index (χ4v) is 6.34. The third-order valence-corrected chi connectivity index (χ3v) is 21.4. The molecule has 0 heterocycles. The second kappa shape index (κ2) is 42.3. The van der Waals surface area contributed by atoms with Crippen molar-refractivity contribution in [2.75, 3.05) is 49.8 Å². The summed E-state index contributed by atoms with van der Waals surface area (Å²) in [4.78, 5) is 0. The number of rotatable bonds is 14. The Balaban J connectivity index is -0.0000000614. The highest BCUT2D eigenvalue weighted by Crippen LogP contribution is 2.12. The van der Waals surface area contributed by atoms with Gasteiger partial charge in [-0.25, -0.2) is 0 Å². The molecule has 0 spiro atoms. The van der Waals surface area contributed by atoms with E-state index in [0.717, 1.165) is 0 Å². The van der Waals surface area contributed by atoms with Crippen LogP contribution in [-0.2, 0) is 31.0 Å². The highest BCUT2D eigenvalue weighted by molar-refractivity contribution is 6.80. The summed E-state index contributed by atoms with van der Waals surface area (Å²) in [5, 5.41) is 0. The second-order valence-electron chi connectivity index (χ2n) is 18.9. The molecular weight excluding hydrogens is 805 g/mol. The molecule has 0 unspecified atom stereocenters. The maximum atomic E-state index is 5.32. The lowest BCUT2D eigenvalue weighted by Gasteiger charge is -2.17. The topological polar surface area (TPSA) is 64.6 Å². The molecule has 7 nitrogen and oxygen atoms in total. The minimum absolute atomic E-state index is 0. The van der Waals surface area contributed by atoms with E-state index in [0.29, 0.717) is 0 Å². The lowest BCUT2D eigenvalue weighted by molar-refractivity contribution is 0.402. The molecule has 0 amide bonds. The average molecular weight is 916 g/mol. The minimum Gasteiger partial charge on any atom is -0.424 e. The van der Waals surface area contributed by atoms with Gasteiger partial charge in [0.1, 0.15) is 0 Å². The van der Waals surface area contributed by atoms with Crippen LogP contribution in [0.2, 0.25) is 149 Å². The molecule has 0 atom stereocenters. The summed E-state index contributed by atoms with van der Waals surface area (Å²) < 4.78 is 36.1. The predicted octanol–water partition coefficient (Wildman–Crippen LogP) is 14.4. The van der Waals surface area contributed by atoms with Crippen molar-refractivity contribution in [3.8, 4) is 0 Å². The van der Waals surface area contributed by atoms with Crippen LogP contribution in [0.3, 0.4) is 0 Å². The molecule has 0 aliphatic rings. The molecule has 0 aromatic carbocycles. The first kappa shape index (κ1) is 76.0. The molecule has 0 aromatic heterocycles. The van der Waals surface area contributed by atoms with Gasteiger partial charge in [0.05, 0.1) is 8.07 Å². The van der Waals surface area contributed by atoms with E-state index >= 15 is 0 Å². The summed E-state index contributed by atoms with van der Waals surface area (Å²) in [6.45, 7) is 54.3. The van der Waals surface area contributed by atoms with Crippen molar-refractivity contribution in [3.05, 3.63) is 12.3 Å². The Morgan fingerprint density at radius 2 is 0.537 bits per heavy atom. The van der Waals surface area contributed by atoms with Crippen LogP contribution in [0.1, 0.15) is 47.5 Å². The molecule has 0 saturated carbocycles. The van der Waals surface area contributed by atoms with E-state index in [1.165, 1.54) is 37.4 Å². The van der Waals surface area contributed by atoms with E-state index < -0.39 is 67.0 Å². The maximum Gasteiger partial charge on any atom is 0.186 e. The maximum absolute atomic E-state index is 5.32. The van der Waals surface area contributed by atoms with Crippen LogP contribution in [-0.4, -0.2) is 117 Å². The molecule has 0 fully saturated rings. The van der Waals surface area contributed by atoms with Gasteiger partial charge in [0.2, 0.25) is 0 Å². The SMILES string of the molecule is C.C=C[Si](C)(C)C.CCC[Si](C)(C)OC.CCC[Si](C)(C)OC.CCC[Si](C)(C)OC.CO[SiH](C)C.CO[Si](C)(C)C.CO[Si](C)(C)C.CO[Si](C)(C)C. The fraction of sp³-hybridized carbons (Fsp3) is 0.949. The second-order valence-corrected chi connectivity index (χ2v) is 53.8. The first-order valence-corrected chi connectivity index (χ1v) is 45.8. The summed E-state index contributed by atoms with van der Waals surface area (Å²) in [6.07, 6.45) is 3.77. The molecule has 340 valence electrons. The van der Waals surface area contributed by atoms with Gasteiger partial charge in [0, 0.05) is 49.8 Å². The van der Waals surface area contributed by atoms with Crippen LogP contribution < -0.4 is 0 Å². The van der Waals surface area contributed by atoms with Crippen LogP contribution in [0, 0.1) is 0 Å². The van der Waals surface area contributed by atoms with E-state index in [1.54, 1.807) is 28.4 Å². The highest BCUT2D eigenvalue weighted by Gasteiger charge is 2.19. The summed E-state index contributed by atoms with van der Waals surface area (Å²) in [7, 11) is 4.09. The Morgan fingerprint density at radius 1 is 0.407 bits per heavy atom. The van der Waals surface area contributed by atoms with Gasteiger partial charge in [-0.2, -0.15) is 0 Å². The van der Waals surface area contributed by atoms with Gasteiger partial charge < -0.3 is 31.0 Å². The largest absolute Gasteiger partial charge is 0.424 e. The predicted molar refractivity (Wildman–Crippen MR) is 276 cm³/mol. The van der Waals surface area contributed by atoms with Gasteiger partial charge in [0.15, 0.2) is 58.9 Å². The smallest absolute Gasteiger partial charge is 0.186 e. The van der Waals surface area contributed by atoms with E-state index in [4.69, 9.17) is 31.0 Å². The van der Waals surface area contributed by atoms with Crippen LogP contribution >= 0.6 is 0 Å². The Morgan fingerprint density at radius 3 is 0.556 bits per heavy atom. The molecule has 0 radical (unpaired) electrons. The standard InChI is InChI=1S/3C6H16OSi.C5H12Si.3C4H12OSi.C3H10OSi.CH4/c3*1-5-6-8(3,4)7-2;4*1-5-6(2,3)4;1-4-5(2)3;/h3*5-6H2,1-4H3;5H,1H2,2-4H3;3*1-4H3;5H,1-3H3;1H4. The quantitative estimate of drug-likeness (QED) is 0.161. The molecule has 0 bridgehead atoms. The lowest BCUT2D eigenvalue weighted by atomic mass is 10.6. The fourth-order valence-electron chi connectivity index (χ4n) is 2.11. The monoisotopic (exact) mass is 915 g/mol. The first-order chi connectivity index (χ1) is 23.4. The van der Waals surface area contributed by atoms with E-state index in [-0.39, 0.29) is 7.43 Å². The van der Waals surface area contributed by atoms with E-state index in [9.17, 15) is 0 Å². The molecule has 0 N–H and O–H groups in total. The van der Waals surface area contributed by atoms with Crippen LogP contribution in [0.15, 0.2) is 12.3 Å². The van der Waals surface area contributed by atoms with Gasteiger partial charge in [-0.15, -0.1) is 12.3 Å².